The number of phenolic OH excluding ortho intramolecular Hbond substituents is 1. The van der Waals surface area contributed by atoms with Gasteiger partial charge in [0.25, 0.3) is 0 Å². The third-order valence-electron chi connectivity index (χ3n) is 3.35. The Morgan fingerprint density at radius 1 is 1.32 bits per heavy atom. The number of halogens is 2. The number of carbonyl (C=O) groups excluding carboxylic acids is 1. The summed E-state index contributed by atoms with van der Waals surface area (Å²) in [6.07, 6.45) is 2.32. The van der Waals surface area contributed by atoms with E-state index in [2.05, 4.69) is 21.2 Å². The molecule has 3 N–H and O–H groups in total. The van der Waals surface area contributed by atoms with Gasteiger partial charge in [0.2, 0.25) is 5.91 Å². The van der Waals surface area contributed by atoms with E-state index in [0.717, 1.165) is 0 Å². The van der Waals surface area contributed by atoms with Gasteiger partial charge < -0.3 is 15.5 Å². The van der Waals surface area contributed by atoms with Gasteiger partial charge in [0.1, 0.15) is 0 Å². The van der Waals surface area contributed by atoms with Gasteiger partial charge in [-0.15, -0.1) is 0 Å². The molecule has 0 unspecified atom stereocenters. The van der Waals surface area contributed by atoms with Gasteiger partial charge in [-0.1, -0.05) is 11.6 Å². The summed E-state index contributed by atoms with van der Waals surface area (Å²) < 4.78 is 0.439. The summed E-state index contributed by atoms with van der Waals surface area (Å²) in [5.41, 5.74) is 0.301. The topological polar surface area (TPSA) is 69.6 Å². The largest absolute Gasteiger partial charge is 0.505 e. The van der Waals surface area contributed by atoms with Crippen molar-refractivity contribution in [2.75, 3.05) is 5.32 Å². The fourth-order valence-electron chi connectivity index (χ4n) is 2.23. The van der Waals surface area contributed by atoms with Crippen molar-refractivity contribution in [3.05, 3.63) is 21.6 Å². The standard InChI is InChI=1S/C13H15BrClNO3/c14-10-5-8(15)6-11(12(10)18)16-13(19)7-1-3-9(17)4-2-7/h5-7,9,17-18H,1-4H2,(H,16,19). The van der Waals surface area contributed by atoms with Crippen LogP contribution >= 0.6 is 27.5 Å². The second kappa shape index (κ2) is 6.11. The highest BCUT2D eigenvalue weighted by Crippen LogP contribution is 2.36. The fraction of sp³-hybridized carbons (Fsp3) is 0.462. The van der Waals surface area contributed by atoms with Crippen LogP contribution in [0, 0.1) is 5.92 Å². The molecule has 1 aliphatic carbocycles. The molecule has 1 fully saturated rings. The molecule has 4 nitrogen and oxygen atoms in total. The molecular weight excluding hydrogens is 334 g/mol. The Bertz CT molecular complexity index is 487. The summed E-state index contributed by atoms with van der Waals surface area (Å²) in [7, 11) is 0. The zero-order chi connectivity index (χ0) is 14.0. The molecule has 0 atom stereocenters. The van der Waals surface area contributed by atoms with Crippen LogP contribution in [0.4, 0.5) is 5.69 Å². The van der Waals surface area contributed by atoms with E-state index in [4.69, 9.17) is 11.6 Å². The fourth-order valence-corrected chi connectivity index (χ4v) is 3.04. The van der Waals surface area contributed by atoms with Crippen LogP contribution in [0.2, 0.25) is 5.02 Å². The van der Waals surface area contributed by atoms with E-state index in [1.54, 1.807) is 6.07 Å². The summed E-state index contributed by atoms with van der Waals surface area (Å²) >= 11 is 9.06. The zero-order valence-corrected chi connectivity index (χ0v) is 12.5. The number of aliphatic hydroxyl groups excluding tert-OH is 1. The second-order valence-electron chi connectivity index (χ2n) is 4.78. The third-order valence-corrected chi connectivity index (χ3v) is 4.18. The predicted molar refractivity (Wildman–Crippen MR) is 77.4 cm³/mol. The highest BCUT2D eigenvalue weighted by Gasteiger charge is 2.25. The number of benzene rings is 1. The van der Waals surface area contributed by atoms with Crippen molar-refractivity contribution in [3.8, 4) is 5.75 Å². The zero-order valence-electron chi connectivity index (χ0n) is 10.2. The summed E-state index contributed by atoms with van der Waals surface area (Å²) in [4.78, 5) is 12.1. The Kier molecular flexibility index (Phi) is 4.71. The van der Waals surface area contributed by atoms with Crippen LogP contribution in [0.5, 0.6) is 5.75 Å². The van der Waals surface area contributed by atoms with Gasteiger partial charge in [-0.3, -0.25) is 4.79 Å². The third kappa shape index (κ3) is 3.61. The van der Waals surface area contributed by atoms with E-state index < -0.39 is 0 Å². The SMILES string of the molecule is O=C(Nc1cc(Cl)cc(Br)c1O)C1CCC(O)CC1. The molecule has 1 aromatic rings. The Morgan fingerprint density at radius 2 is 1.95 bits per heavy atom. The quantitative estimate of drug-likeness (QED) is 0.718. The maximum absolute atomic E-state index is 12.1. The number of amides is 1. The van der Waals surface area contributed by atoms with Gasteiger partial charge in [0.15, 0.2) is 5.75 Å². The van der Waals surface area contributed by atoms with Crippen LogP contribution in [0.1, 0.15) is 25.7 Å². The average Bonchev–Trinajstić information content (AvgIpc) is 2.36. The van der Waals surface area contributed by atoms with Gasteiger partial charge in [0, 0.05) is 10.9 Å². The second-order valence-corrected chi connectivity index (χ2v) is 6.07. The van der Waals surface area contributed by atoms with Crippen molar-refractivity contribution in [3.63, 3.8) is 0 Å². The monoisotopic (exact) mass is 347 g/mol. The van der Waals surface area contributed by atoms with Gasteiger partial charge in [-0.05, 0) is 53.7 Å². The minimum absolute atomic E-state index is 0.0337. The number of hydrogen-bond acceptors (Lipinski definition) is 3. The van der Waals surface area contributed by atoms with E-state index in [1.165, 1.54) is 6.07 Å². The molecule has 0 aromatic heterocycles. The van der Waals surface area contributed by atoms with Crippen LogP contribution in [-0.4, -0.2) is 22.2 Å². The lowest BCUT2D eigenvalue weighted by Crippen LogP contribution is -2.28. The number of hydrogen-bond donors (Lipinski definition) is 3. The molecule has 1 amide bonds. The first kappa shape index (κ1) is 14.6. The summed E-state index contributed by atoms with van der Waals surface area (Å²) in [6.45, 7) is 0. The Hall–Kier alpha value is -0.780. The molecule has 2 rings (SSSR count). The van der Waals surface area contributed by atoms with Crippen molar-refractivity contribution < 1.29 is 15.0 Å². The van der Waals surface area contributed by atoms with Crippen molar-refractivity contribution in [1.29, 1.82) is 0 Å². The van der Waals surface area contributed by atoms with E-state index in [0.29, 0.717) is 40.9 Å². The number of aromatic hydroxyl groups is 1. The highest BCUT2D eigenvalue weighted by molar-refractivity contribution is 9.10. The Balaban J connectivity index is 2.07. The van der Waals surface area contributed by atoms with Crippen LogP contribution in [0.15, 0.2) is 16.6 Å². The first-order chi connectivity index (χ1) is 8.97. The maximum Gasteiger partial charge on any atom is 0.227 e. The number of anilines is 1. The Labute approximate surface area is 124 Å². The molecule has 0 radical (unpaired) electrons. The average molecular weight is 349 g/mol. The van der Waals surface area contributed by atoms with Gasteiger partial charge >= 0.3 is 0 Å². The van der Waals surface area contributed by atoms with Crippen molar-refractivity contribution in [1.82, 2.24) is 0 Å². The summed E-state index contributed by atoms with van der Waals surface area (Å²) in [5, 5.41) is 22.4. The minimum Gasteiger partial charge on any atom is -0.505 e. The van der Waals surface area contributed by atoms with Gasteiger partial charge in [0.05, 0.1) is 16.3 Å². The van der Waals surface area contributed by atoms with Crippen LogP contribution in [-0.2, 0) is 4.79 Å². The van der Waals surface area contributed by atoms with E-state index in [1.807, 2.05) is 0 Å². The molecule has 0 bridgehead atoms. The molecule has 1 aliphatic rings. The molecule has 0 aliphatic heterocycles. The molecule has 0 spiro atoms. The molecule has 1 saturated carbocycles. The smallest absolute Gasteiger partial charge is 0.227 e. The number of nitrogens with one attached hydrogen (secondary N) is 1. The van der Waals surface area contributed by atoms with Gasteiger partial charge in [-0.25, -0.2) is 0 Å². The summed E-state index contributed by atoms with van der Waals surface area (Å²) in [5.74, 6) is -0.300. The normalized spacial score (nSPS) is 23.1. The van der Waals surface area contributed by atoms with Crippen LogP contribution in [0.25, 0.3) is 0 Å². The molecule has 0 heterocycles. The predicted octanol–water partition coefficient (Wildman–Crippen LogP) is 3.30. The lowest BCUT2D eigenvalue weighted by molar-refractivity contribution is -0.121. The molecule has 1 aromatic carbocycles. The molecule has 0 saturated heterocycles. The molecule has 19 heavy (non-hydrogen) atoms. The summed E-state index contributed by atoms with van der Waals surface area (Å²) in [6, 6.07) is 3.07. The molecule has 6 heteroatoms. The lowest BCUT2D eigenvalue weighted by atomic mass is 9.87. The lowest BCUT2D eigenvalue weighted by Gasteiger charge is -2.24. The van der Waals surface area contributed by atoms with Crippen molar-refractivity contribution in [2.45, 2.75) is 31.8 Å². The van der Waals surface area contributed by atoms with Gasteiger partial charge in [-0.2, -0.15) is 0 Å². The van der Waals surface area contributed by atoms with E-state index in [-0.39, 0.29) is 23.7 Å². The van der Waals surface area contributed by atoms with E-state index in [9.17, 15) is 15.0 Å². The van der Waals surface area contributed by atoms with Crippen molar-refractivity contribution in [2.24, 2.45) is 5.92 Å². The van der Waals surface area contributed by atoms with E-state index >= 15 is 0 Å². The maximum atomic E-state index is 12.1. The first-order valence-electron chi connectivity index (χ1n) is 6.14. The van der Waals surface area contributed by atoms with Crippen LogP contribution < -0.4 is 5.32 Å². The minimum atomic E-state index is -0.294. The molecule has 104 valence electrons. The first-order valence-corrected chi connectivity index (χ1v) is 7.31. The number of carbonyl (C=O) groups is 1. The number of rotatable bonds is 2. The number of phenols is 1. The Morgan fingerprint density at radius 3 is 2.58 bits per heavy atom. The van der Waals surface area contributed by atoms with Crippen LogP contribution in [0.3, 0.4) is 0 Å². The highest BCUT2D eigenvalue weighted by atomic mass is 79.9. The molecular formula is C13H15BrClNO3. The van der Waals surface area contributed by atoms with Crippen molar-refractivity contribution >= 4 is 39.1 Å². The number of aliphatic hydroxyl groups is 1.